The highest BCUT2D eigenvalue weighted by Crippen LogP contribution is 2.39. The minimum atomic E-state index is 0.935. The maximum Gasteiger partial charge on any atom is 0.138 e. The second kappa shape index (κ2) is 11.1. The summed E-state index contributed by atoms with van der Waals surface area (Å²) in [5, 5.41) is 2.36. The van der Waals surface area contributed by atoms with E-state index in [1.807, 2.05) is 19.1 Å². The van der Waals surface area contributed by atoms with Gasteiger partial charge in [-0.2, -0.15) is 0 Å². The minimum Gasteiger partial charge on any atom is -0.456 e. The average molecular weight is 481 g/mol. The lowest BCUT2D eigenvalue weighted by atomic mass is 9.94. The Bertz CT molecular complexity index is 1670. The molecule has 0 aliphatic rings. The van der Waals surface area contributed by atoms with Gasteiger partial charge >= 0.3 is 0 Å². The Hall–Kier alpha value is -4.36. The molecular formula is C36H32O. The van der Waals surface area contributed by atoms with Crippen LogP contribution in [0.5, 0.6) is 0 Å². The number of hydrogen-bond donors (Lipinski definition) is 0. The third-order valence-corrected chi connectivity index (χ3v) is 6.67. The lowest BCUT2D eigenvalue weighted by Gasteiger charge is -2.10. The predicted molar refractivity (Wildman–Crippen MR) is 160 cm³/mol. The molecule has 0 saturated heterocycles. The zero-order valence-corrected chi connectivity index (χ0v) is 21.7. The molecule has 0 saturated carbocycles. The summed E-state index contributed by atoms with van der Waals surface area (Å²) in [5.41, 5.74) is 10.4. The van der Waals surface area contributed by atoms with Crippen molar-refractivity contribution in [2.75, 3.05) is 0 Å². The summed E-state index contributed by atoms with van der Waals surface area (Å²) in [6, 6.07) is 40.8. The van der Waals surface area contributed by atoms with Gasteiger partial charge in [-0.1, -0.05) is 116 Å². The average Bonchev–Trinajstić information content (AvgIpc) is 3.35. The first-order chi connectivity index (χ1) is 18.2. The van der Waals surface area contributed by atoms with Gasteiger partial charge in [0.1, 0.15) is 11.2 Å². The summed E-state index contributed by atoms with van der Waals surface area (Å²) >= 11 is 0. The topological polar surface area (TPSA) is 13.1 Å². The minimum absolute atomic E-state index is 0.935. The summed E-state index contributed by atoms with van der Waals surface area (Å²) in [4.78, 5) is 0. The number of benzene rings is 5. The van der Waals surface area contributed by atoms with Gasteiger partial charge in [-0.3, -0.25) is 0 Å². The van der Waals surface area contributed by atoms with Crippen molar-refractivity contribution >= 4 is 21.9 Å². The number of fused-ring (bicyclic) bond motifs is 3. The van der Waals surface area contributed by atoms with Crippen LogP contribution in [-0.4, -0.2) is 0 Å². The number of para-hydroxylation sites is 1. The van der Waals surface area contributed by atoms with Crippen LogP contribution >= 0.6 is 0 Å². The van der Waals surface area contributed by atoms with Gasteiger partial charge in [0, 0.05) is 10.8 Å². The largest absolute Gasteiger partial charge is 0.456 e. The van der Waals surface area contributed by atoms with Crippen LogP contribution in [0.15, 0.2) is 132 Å². The number of rotatable bonds is 4. The summed E-state index contributed by atoms with van der Waals surface area (Å²) in [6.07, 6.45) is 5.34. The quantitative estimate of drug-likeness (QED) is 0.229. The van der Waals surface area contributed by atoms with Crippen molar-refractivity contribution in [2.24, 2.45) is 0 Å². The predicted octanol–water partition coefficient (Wildman–Crippen LogP) is 10.9. The Balaban J connectivity index is 0.000000514. The van der Waals surface area contributed by atoms with E-state index in [-0.39, 0.29) is 0 Å². The van der Waals surface area contributed by atoms with Gasteiger partial charge in [-0.15, -0.1) is 0 Å². The molecule has 1 nitrogen and oxygen atoms in total. The fourth-order valence-corrected chi connectivity index (χ4v) is 4.81. The molecule has 0 amide bonds. The maximum absolute atomic E-state index is 6.22. The Morgan fingerprint density at radius 2 is 1.22 bits per heavy atom. The third-order valence-electron chi connectivity index (χ3n) is 6.67. The van der Waals surface area contributed by atoms with Crippen LogP contribution in [0.3, 0.4) is 0 Å². The molecular weight excluding hydrogens is 448 g/mol. The molecule has 37 heavy (non-hydrogen) atoms. The van der Waals surface area contributed by atoms with Crippen LogP contribution in [0.4, 0.5) is 0 Å². The van der Waals surface area contributed by atoms with E-state index in [0.29, 0.717) is 0 Å². The fraction of sp³-hybridized carbons (Fsp3) is 0.111. The van der Waals surface area contributed by atoms with Gasteiger partial charge in [0.15, 0.2) is 0 Å². The number of furan rings is 1. The summed E-state index contributed by atoms with van der Waals surface area (Å²) in [6.45, 7) is 6.27. The monoisotopic (exact) mass is 480 g/mol. The molecule has 0 aliphatic carbocycles. The highest BCUT2D eigenvalue weighted by Gasteiger charge is 2.14. The lowest BCUT2D eigenvalue weighted by Crippen LogP contribution is -1.85. The van der Waals surface area contributed by atoms with E-state index in [4.69, 9.17) is 4.42 Å². The molecule has 0 unspecified atom stereocenters. The second-order valence-corrected chi connectivity index (χ2v) is 9.24. The molecule has 0 atom stereocenters. The van der Waals surface area contributed by atoms with Crippen molar-refractivity contribution in [1.82, 2.24) is 0 Å². The van der Waals surface area contributed by atoms with Crippen molar-refractivity contribution < 1.29 is 4.42 Å². The van der Waals surface area contributed by atoms with E-state index in [0.717, 1.165) is 28.5 Å². The highest BCUT2D eigenvalue weighted by atomic mass is 16.3. The zero-order valence-electron chi connectivity index (χ0n) is 21.7. The molecule has 1 heteroatoms. The fourth-order valence-electron chi connectivity index (χ4n) is 4.81. The smallest absolute Gasteiger partial charge is 0.138 e. The number of allylic oxidation sites excluding steroid dienone is 2. The molecule has 0 aliphatic heterocycles. The van der Waals surface area contributed by atoms with Crippen LogP contribution in [0.2, 0.25) is 0 Å². The van der Waals surface area contributed by atoms with Crippen LogP contribution < -0.4 is 0 Å². The van der Waals surface area contributed by atoms with Gasteiger partial charge in [0.05, 0.1) is 0 Å². The highest BCUT2D eigenvalue weighted by molar-refractivity contribution is 6.13. The van der Waals surface area contributed by atoms with Crippen LogP contribution in [0.25, 0.3) is 55.3 Å². The van der Waals surface area contributed by atoms with Crippen molar-refractivity contribution in [3.63, 3.8) is 0 Å². The lowest BCUT2D eigenvalue weighted by molar-refractivity contribution is 0.666. The standard InChI is InChI=1S/C31H22O.C5H10/c1-21-17-18-27(30-28-15-5-6-16-29(28)32-31(21)30)26-14-8-13-25(20-26)24-12-7-11-23(19-24)22-9-3-2-4-10-22;1-3-5-4-2/h2-20H,1H3;3,5H,4H2,1-2H3/b;5-3-. The molecule has 0 N–H and O–H groups in total. The van der Waals surface area contributed by atoms with Crippen LogP contribution in [0.1, 0.15) is 25.8 Å². The first-order valence-corrected chi connectivity index (χ1v) is 13.0. The molecule has 6 rings (SSSR count). The van der Waals surface area contributed by atoms with Crippen molar-refractivity contribution in [3.8, 4) is 33.4 Å². The van der Waals surface area contributed by atoms with Crippen LogP contribution in [-0.2, 0) is 0 Å². The summed E-state index contributed by atoms with van der Waals surface area (Å²) in [5.74, 6) is 0. The normalized spacial score (nSPS) is 11.1. The first-order valence-electron chi connectivity index (χ1n) is 13.0. The maximum atomic E-state index is 6.22. The van der Waals surface area contributed by atoms with E-state index in [1.165, 1.54) is 38.8 Å². The van der Waals surface area contributed by atoms with Crippen molar-refractivity contribution in [1.29, 1.82) is 0 Å². The molecule has 6 aromatic rings. The van der Waals surface area contributed by atoms with E-state index >= 15 is 0 Å². The zero-order chi connectivity index (χ0) is 25.6. The Labute approximate surface area is 219 Å². The van der Waals surface area contributed by atoms with Gasteiger partial charge < -0.3 is 4.42 Å². The molecule has 0 radical (unpaired) electrons. The molecule has 0 bridgehead atoms. The van der Waals surface area contributed by atoms with E-state index < -0.39 is 0 Å². The van der Waals surface area contributed by atoms with E-state index in [1.54, 1.807) is 0 Å². The number of aryl methyl sites for hydroxylation is 1. The van der Waals surface area contributed by atoms with Crippen LogP contribution in [0, 0.1) is 6.92 Å². The molecule has 1 aromatic heterocycles. The molecule has 182 valence electrons. The Morgan fingerprint density at radius 3 is 1.89 bits per heavy atom. The summed E-state index contributed by atoms with van der Waals surface area (Å²) in [7, 11) is 0. The molecule has 0 spiro atoms. The summed E-state index contributed by atoms with van der Waals surface area (Å²) < 4.78 is 6.22. The molecule has 5 aromatic carbocycles. The Morgan fingerprint density at radius 1 is 0.622 bits per heavy atom. The van der Waals surface area contributed by atoms with Crippen molar-refractivity contribution in [3.05, 3.63) is 133 Å². The van der Waals surface area contributed by atoms with E-state index in [9.17, 15) is 0 Å². The molecule has 0 fully saturated rings. The number of hydrogen-bond acceptors (Lipinski definition) is 1. The molecule has 1 heterocycles. The second-order valence-electron chi connectivity index (χ2n) is 9.24. The third kappa shape index (κ3) is 5.13. The van der Waals surface area contributed by atoms with Gasteiger partial charge in [0.25, 0.3) is 0 Å². The van der Waals surface area contributed by atoms with Gasteiger partial charge in [-0.25, -0.2) is 0 Å². The first kappa shape index (κ1) is 24.3. The van der Waals surface area contributed by atoms with Gasteiger partial charge in [-0.05, 0) is 77.4 Å². The van der Waals surface area contributed by atoms with Crippen molar-refractivity contribution in [2.45, 2.75) is 27.2 Å². The van der Waals surface area contributed by atoms with E-state index in [2.05, 4.69) is 129 Å². The Kier molecular flexibility index (Phi) is 7.33. The van der Waals surface area contributed by atoms with Gasteiger partial charge in [0.2, 0.25) is 0 Å². The SMILES string of the molecule is C/C=C\CC.Cc1ccc(-c2cccc(-c3cccc(-c4ccccc4)c3)c2)c2c1oc1ccccc12.